The summed E-state index contributed by atoms with van der Waals surface area (Å²) in [5.41, 5.74) is 1.81. The number of nitrogens with zero attached hydrogens (tertiary/aromatic N) is 2. The number of piperidine rings is 3. The molecule has 0 spiro atoms. The zero-order valence-electron chi connectivity index (χ0n) is 14.0. The SMILES string of the molecule is C#C[C@H]1CN2CC[C@@H]1C[C@@H]2CNC(=O)c1ccc(N(C)C)cc1. The van der Waals surface area contributed by atoms with Crippen LogP contribution in [0.1, 0.15) is 23.2 Å². The summed E-state index contributed by atoms with van der Waals surface area (Å²) < 4.78 is 0. The average Bonchev–Trinajstić information content (AvgIpc) is 2.60. The van der Waals surface area contributed by atoms with Gasteiger partial charge in [0, 0.05) is 50.4 Å². The van der Waals surface area contributed by atoms with Crippen LogP contribution in [0.3, 0.4) is 0 Å². The molecule has 3 aliphatic heterocycles. The standard InChI is InChI=1S/C19H25N3O/c1-4-14-13-22-10-9-16(14)11-18(22)12-20-19(23)15-5-7-17(8-6-15)21(2)3/h1,5-8,14,16,18H,9-13H2,2-3H3,(H,20,23)/t14-,16+,18+/m0/s1. The predicted molar refractivity (Wildman–Crippen MR) is 93.5 cm³/mol. The van der Waals surface area contributed by atoms with E-state index in [1.807, 2.05) is 43.3 Å². The van der Waals surface area contributed by atoms with Gasteiger partial charge in [-0.1, -0.05) is 0 Å². The molecule has 4 rings (SSSR count). The summed E-state index contributed by atoms with van der Waals surface area (Å²) in [5.74, 6) is 3.96. The van der Waals surface area contributed by atoms with Crippen LogP contribution in [0.15, 0.2) is 24.3 Å². The lowest BCUT2D eigenvalue weighted by atomic mass is 9.76. The summed E-state index contributed by atoms with van der Waals surface area (Å²) in [6, 6.07) is 8.14. The molecule has 2 bridgehead atoms. The quantitative estimate of drug-likeness (QED) is 0.862. The second-order valence-electron chi connectivity index (χ2n) is 6.86. The Morgan fingerprint density at radius 3 is 2.70 bits per heavy atom. The lowest BCUT2D eigenvalue weighted by Gasteiger charge is -2.48. The van der Waals surface area contributed by atoms with Gasteiger partial charge < -0.3 is 10.2 Å². The van der Waals surface area contributed by atoms with E-state index in [9.17, 15) is 4.79 Å². The van der Waals surface area contributed by atoms with Crippen molar-refractivity contribution in [3.05, 3.63) is 29.8 Å². The van der Waals surface area contributed by atoms with E-state index in [4.69, 9.17) is 6.42 Å². The molecule has 0 aliphatic carbocycles. The fourth-order valence-electron chi connectivity index (χ4n) is 3.76. The number of benzene rings is 1. The van der Waals surface area contributed by atoms with Gasteiger partial charge in [0.15, 0.2) is 0 Å². The molecule has 1 amide bonds. The topological polar surface area (TPSA) is 35.6 Å². The van der Waals surface area contributed by atoms with Crippen LogP contribution in [0.2, 0.25) is 0 Å². The second kappa shape index (κ2) is 6.64. The van der Waals surface area contributed by atoms with Crippen LogP contribution in [0.5, 0.6) is 0 Å². The number of hydrogen-bond donors (Lipinski definition) is 1. The number of hydrogen-bond acceptors (Lipinski definition) is 3. The minimum absolute atomic E-state index is 0.00597. The fourth-order valence-corrected chi connectivity index (χ4v) is 3.76. The highest BCUT2D eigenvalue weighted by Gasteiger charge is 2.39. The Kier molecular flexibility index (Phi) is 4.58. The van der Waals surface area contributed by atoms with Crippen LogP contribution in [0, 0.1) is 24.2 Å². The van der Waals surface area contributed by atoms with Gasteiger partial charge in [-0.2, -0.15) is 0 Å². The van der Waals surface area contributed by atoms with Gasteiger partial charge in [-0.3, -0.25) is 9.69 Å². The summed E-state index contributed by atoms with van der Waals surface area (Å²) in [7, 11) is 3.98. The summed E-state index contributed by atoms with van der Waals surface area (Å²) >= 11 is 0. The molecule has 3 aliphatic rings. The summed E-state index contributed by atoms with van der Waals surface area (Å²) in [5, 5.41) is 3.09. The molecule has 0 radical (unpaired) electrons. The molecule has 4 nitrogen and oxygen atoms in total. The molecule has 0 aromatic heterocycles. The zero-order chi connectivity index (χ0) is 16.4. The van der Waals surface area contributed by atoms with Crippen molar-refractivity contribution >= 4 is 11.6 Å². The van der Waals surface area contributed by atoms with Crippen LogP contribution in [-0.4, -0.2) is 50.6 Å². The summed E-state index contributed by atoms with van der Waals surface area (Å²) in [6.45, 7) is 2.81. The van der Waals surface area contributed by atoms with E-state index in [0.29, 0.717) is 30.0 Å². The van der Waals surface area contributed by atoms with Crippen molar-refractivity contribution in [1.82, 2.24) is 10.2 Å². The third-order valence-corrected chi connectivity index (χ3v) is 5.24. The molecule has 1 N–H and O–H groups in total. The van der Waals surface area contributed by atoms with Crippen molar-refractivity contribution in [3.8, 4) is 12.3 Å². The van der Waals surface area contributed by atoms with E-state index in [2.05, 4.69) is 16.1 Å². The maximum absolute atomic E-state index is 12.3. The van der Waals surface area contributed by atoms with E-state index < -0.39 is 0 Å². The highest BCUT2D eigenvalue weighted by molar-refractivity contribution is 5.94. The maximum atomic E-state index is 12.3. The number of fused-ring (bicyclic) bond motifs is 3. The third kappa shape index (κ3) is 3.35. The minimum Gasteiger partial charge on any atom is -0.378 e. The molecular formula is C19H25N3O. The number of rotatable bonds is 4. The lowest BCUT2D eigenvalue weighted by molar-refractivity contribution is 0.0227. The molecule has 4 atom stereocenters. The number of amides is 1. The Balaban J connectivity index is 1.55. The Morgan fingerprint density at radius 1 is 1.39 bits per heavy atom. The van der Waals surface area contributed by atoms with Gasteiger partial charge in [0.1, 0.15) is 0 Å². The van der Waals surface area contributed by atoms with Crippen LogP contribution < -0.4 is 10.2 Å². The van der Waals surface area contributed by atoms with Crippen LogP contribution in [0.25, 0.3) is 0 Å². The molecule has 4 heteroatoms. The molecule has 3 heterocycles. The number of nitrogens with one attached hydrogen (secondary N) is 1. The molecule has 1 aromatic rings. The van der Waals surface area contributed by atoms with E-state index >= 15 is 0 Å². The van der Waals surface area contributed by atoms with Gasteiger partial charge in [0.2, 0.25) is 0 Å². The van der Waals surface area contributed by atoms with Gasteiger partial charge >= 0.3 is 0 Å². The highest BCUT2D eigenvalue weighted by atomic mass is 16.1. The zero-order valence-corrected chi connectivity index (χ0v) is 14.0. The number of terminal acetylenes is 1. The van der Waals surface area contributed by atoms with E-state index in [1.54, 1.807) is 0 Å². The molecule has 1 unspecified atom stereocenters. The highest BCUT2D eigenvalue weighted by Crippen LogP contribution is 2.35. The first-order valence-corrected chi connectivity index (χ1v) is 8.34. The Hall–Kier alpha value is -1.99. The Morgan fingerprint density at radius 2 is 2.13 bits per heavy atom. The first-order chi connectivity index (χ1) is 11.1. The van der Waals surface area contributed by atoms with Crippen LogP contribution >= 0.6 is 0 Å². The molecule has 122 valence electrons. The molecule has 0 saturated carbocycles. The smallest absolute Gasteiger partial charge is 0.251 e. The first-order valence-electron chi connectivity index (χ1n) is 8.34. The van der Waals surface area contributed by atoms with Gasteiger partial charge in [-0.25, -0.2) is 0 Å². The molecule has 3 fully saturated rings. The van der Waals surface area contributed by atoms with Crippen LogP contribution in [-0.2, 0) is 0 Å². The molecule has 1 aromatic carbocycles. The van der Waals surface area contributed by atoms with E-state index in [-0.39, 0.29) is 5.91 Å². The van der Waals surface area contributed by atoms with Crippen molar-refractivity contribution in [3.63, 3.8) is 0 Å². The predicted octanol–water partition coefficient (Wildman–Crippen LogP) is 1.83. The van der Waals surface area contributed by atoms with Gasteiger partial charge in [0.25, 0.3) is 5.91 Å². The normalized spacial score (nSPS) is 28.9. The lowest BCUT2D eigenvalue weighted by Crippen LogP contribution is -2.56. The average molecular weight is 311 g/mol. The fraction of sp³-hybridized carbons (Fsp3) is 0.526. The van der Waals surface area contributed by atoms with Gasteiger partial charge in [0.05, 0.1) is 0 Å². The van der Waals surface area contributed by atoms with Crippen molar-refractivity contribution < 1.29 is 4.79 Å². The summed E-state index contributed by atoms with van der Waals surface area (Å²) in [4.78, 5) is 16.8. The summed E-state index contributed by atoms with van der Waals surface area (Å²) in [6.07, 6.45) is 7.92. The van der Waals surface area contributed by atoms with Gasteiger partial charge in [-0.15, -0.1) is 12.3 Å². The van der Waals surface area contributed by atoms with Crippen molar-refractivity contribution in [2.24, 2.45) is 11.8 Å². The van der Waals surface area contributed by atoms with E-state index in [1.165, 1.54) is 6.42 Å². The Bertz CT molecular complexity index is 602. The van der Waals surface area contributed by atoms with Crippen molar-refractivity contribution in [2.75, 3.05) is 38.6 Å². The first kappa shape index (κ1) is 15.9. The number of anilines is 1. The number of carbonyl (C=O) groups is 1. The molecular weight excluding hydrogens is 286 g/mol. The number of carbonyl (C=O) groups excluding carboxylic acids is 1. The molecule has 3 saturated heterocycles. The largest absolute Gasteiger partial charge is 0.378 e. The van der Waals surface area contributed by atoms with Gasteiger partial charge in [-0.05, 0) is 49.6 Å². The molecule has 23 heavy (non-hydrogen) atoms. The van der Waals surface area contributed by atoms with E-state index in [0.717, 1.165) is 25.2 Å². The maximum Gasteiger partial charge on any atom is 0.251 e. The second-order valence-corrected chi connectivity index (χ2v) is 6.86. The third-order valence-electron chi connectivity index (χ3n) is 5.24. The Labute approximate surface area is 138 Å². The van der Waals surface area contributed by atoms with Crippen molar-refractivity contribution in [2.45, 2.75) is 18.9 Å². The van der Waals surface area contributed by atoms with Crippen molar-refractivity contribution in [1.29, 1.82) is 0 Å². The monoisotopic (exact) mass is 311 g/mol. The minimum atomic E-state index is 0.00597. The van der Waals surface area contributed by atoms with Crippen LogP contribution in [0.4, 0.5) is 5.69 Å².